The largest absolute Gasteiger partial charge is 0.478 e. The van der Waals surface area contributed by atoms with Gasteiger partial charge in [-0.05, 0) is 61.3 Å². The quantitative estimate of drug-likeness (QED) is 0.575. The Kier molecular flexibility index (Phi) is 7.53. The topological polar surface area (TPSA) is 40.5 Å². The normalized spacial score (nSPS) is 13.8. The lowest BCUT2D eigenvalue weighted by molar-refractivity contribution is -0.132. The minimum absolute atomic E-state index is 0.224. The van der Waals surface area contributed by atoms with Crippen LogP contribution in [0.25, 0.3) is 0 Å². The first kappa shape index (κ1) is 21.2. The molecule has 0 aliphatic carbocycles. The fraction of sp³-hybridized carbons (Fsp3) is 0.292. The Bertz CT molecular complexity index is 905. The van der Waals surface area contributed by atoms with Crippen molar-refractivity contribution in [1.29, 1.82) is 0 Å². The van der Waals surface area contributed by atoms with Crippen molar-refractivity contribution in [2.75, 3.05) is 18.8 Å². The first-order chi connectivity index (χ1) is 14.0. The fourth-order valence-electron chi connectivity index (χ4n) is 3.37. The van der Waals surface area contributed by atoms with Crippen molar-refractivity contribution in [3.63, 3.8) is 0 Å². The van der Waals surface area contributed by atoms with Crippen LogP contribution in [0.4, 0.5) is 4.39 Å². The molecule has 2 aromatic carbocycles. The Balaban J connectivity index is 1.61. The van der Waals surface area contributed by atoms with Crippen molar-refractivity contribution in [2.24, 2.45) is 0 Å². The molecule has 1 aliphatic rings. The molecule has 0 atom stereocenters. The molecule has 1 N–H and O–H groups in total. The molecule has 0 radical (unpaired) electrons. The van der Waals surface area contributed by atoms with Crippen molar-refractivity contribution in [3.05, 3.63) is 93.8 Å². The van der Waals surface area contributed by atoms with Crippen LogP contribution in [-0.4, -0.2) is 34.8 Å². The molecule has 5 heteroatoms. The molecule has 1 heterocycles. The molecule has 0 bridgehead atoms. The molecule has 2 aromatic rings. The van der Waals surface area contributed by atoms with E-state index in [1.807, 2.05) is 6.08 Å². The van der Waals surface area contributed by atoms with Crippen LogP contribution in [0.15, 0.2) is 71.3 Å². The predicted molar refractivity (Wildman–Crippen MR) is 117 cm³/mol. The van der Waals surface area contributed by atoms with Crippen LogP contribution in [-0.2, 0) is 17.6 Å². The average molecular weight is 412 g/mol. The molecule has 0 spiro atoms. The highest BCUT2D eigenvalue weighted by atomic mass is 32.2. The number of hydrogen-bond donors (Lipinski definition) is 1. The van der Waals surface area contributed by atoms with Gasteiger partial charge in [0.1, 0.15) is 5.82 Å². The average Bonchev–Trinajstić information content (AvgIpc) is 2.71. The summed E-state index contributed by atoms with van der Waals surface area (Å²) in [4.78, 5) is 13.9. The second kappa shape index (κ2) is 10.3. The number of hydrogen-bond acceptors (Lipinski definition) is 3. The van der Waals surface area contributed by atoms with Gasteiger partial charge in [0, 0.05) is 13.1 Å². The maximum absolute atomic E-state index is 13.0. The smallest absolute Gasteiger partial charge is 0.338 e. The summed E-state index contributed by atoms with van der Waals surface area (Å²) in [7, 11) is 0. The number of carbonyl (C=O) groups is 1. The van der Waals surface area contributed by atoms with E-state index in [9.17, 15) is 14.3 Å². The highest BCUT2D eigenvalue weighted by molar-refractivity contribution is 8.03. The monoisotopic (exact) mass is 411 g/mol. The number of thioether (sulfide) groups is 1. The van der Waals surface area contributed by atoms with Crippen molar-refractivity contribution in [1.82, 2.24) is 4.90 Å². The Morgan fingerprint density at radius 1 is 1.14 bits per heavy atom. The third-order valence-corrected chi connectivity index (χ3v) is 6.12. The minimum Gasteiger partial charge on any atom is -0.478 e. The fourth-order valence-corrected chi connectivity index (χ4v) is 4.52. The molecular weight excluding hydrogens is 385 g/mol. The van der Waals surface area contributed by atoms with Crippen molar-refractivity contribution in [3.8, 4) is 0 Å². The zero-order valence-electron chi connectivity index (χ0n) is 16.6. The molecule has 29 heavy (non-hydrogen) atoms. The summed E-state index contributed by atoms with van der Waals surface area (Å²) >= 11 is 1.60. The van der Waals surface area contributed by atoms with E-state index in [0.29, 0.717) is 5.57 Å². The summed E-state index contributed by atoms with van der Waals surface area (Å²) in [6.45, 7) is 3.59. The third-order valence-electron chi connectivity index (χ3n) is 4.87. The molecule has 0 fully saturated rings. The lowest BCUT2D eigenvalue weighted by Crippen LogP contribution is -2.29. The van der Waals surface area contributed by atoms with E-state index < -0.39 is 5.97 Å². The van der Waals surface area contributed by atoms with Gasteiger partial charge in [-0.1, -0.05) is 48.0 Å². The van der Waals surface area contributed by atoms with E-state index in [0.717, 1.165) is 48.7 Å². The van der Waals surface area contributed by atoms with E-state index in [1.165, 1.54) is 23.3 Å². The van der Waals surface area contributed by atoms with Crippen LogP contribution < -0.4 is 0 Å². The molecule has 0 unspecified atom stereocenters. The molecule has 152 valence electrons. The molecule has 3 nitrogen and oxygen atoms in total. The summed E-state index contributed by atoms with van der Waals surface area (Å²) < 4.78 is 13.0. The van der Waals surface area contributed by atoms with Gasteiger partial charge in [-0.3, -0.25) is 0 Å². The summed E-state index contributed by atoms with van der Waals surface area (Å²) in [5.74, 6) is -0.293. The van der Waals surface area contributed by atoms with E-state index in [-0.39, 0.29) is 5.82 Å². The Hall–Kier alpha value is -2.53. The van der Waals surface area contributed by atoms with Gasteiger partial charge in [0.15, 0.2) is 0 Å². The predicted octanol–water partition coefficient (Wildman–Crippen LogP) is 5.21. The van der Waals surface area contributed by atoms with Gasteiger partial charge in [-0.2, -0.15) is 0 Å². The maximum atomic E-state index is 13.0. The lowest BCUT2D eigenvalue weighted by Gasteiger charge is -2.29. The van der Waals surface area contributed by atoms with Crippen molar-refractivity contribution >= 4 is 17.7 Å². The second-order valence-corrected chi connectivity index (χ2v) is 8.27. The zero-order chi connectivity index (χ0) is 20.6. The maximum Gasteiger partial charge on any atom is 0.338 e. The van der Waals surface area contributed by atoms with Crippen LogP contribution in [0.1, 0.15) is 23.1 Å². The first-order valence-corrected chi connectivity index (χ1v) is 10.8. The molecule has 0 aromatic heterocycles. The summed E-state index contributed by atoms with van der Waals surface area (Å²) in [5.41, 5.74) is 3.96. The van der Waals surface area contributed by atoms with Gasteiger partial charge in [0.05, 0.1) is 10.6 Å². The van der Waals surface area contributed by atoms with Crippen LogP contribution in [0.3, 0.4) is 0 Å². The number of aryl methyl sites for hydroxylation is 2. The molecular formula is C24H26FNO2S. The van der Waals surface area contributed by atoms with E-state index >= 15 is 0 Å². The number of rotatable bonds is 9. The van der Waals surface area contributed by atoms with E-state index in [1.54, 1.807) is 30.0 Å². The van der Waals surface area contributed by atoms with Crippen molar-refractivity contribution in [2.45, 2.75) is 26.2 Å². The van der Waals surface area contributed by atoms with Gasteiger partial charge in [0.2, 0.25) is 0 Å². The molecule has 3 rings (SSSR count). The highest BCUT2D eigenvalue weighted by Gasteiger charge is 2.21. The van der Waals surface area contributed by atoms with Crippen LogP contribution in [0, 0.1) is 12.7 Å². The number of nitrogens with zero attached hydrogens (tertiary/aromatic N) is 1. The van der Waals surface area contributed by atoms with Crippen LogP contribution in [0.5, 0.6) is 0 Å². The summed E-state index contributed by atoms with van der Waals surface area (Å²) in [6, 6.07) is 15.0. The van der Waals surface area contributed by atoms with Gasteiger partial charge >= 0.3 is 5.97 Å². The Labute approximate surface area is 175 Å². The molecule has 0 amide bonds. The lowest BCUT2D eigenvalue weighted by atomic mass is 10.1. The van der Waals surface area contributed by atoms with Crippen LogP contribution in [0.2, 0.25) is 0 Å². The number of benzene rings is 2. The molecule has 1 aliphatic heterocycles. The van der Waals surface area contributed by atoms with Crippen molar-refractivity contribution < 1.29 is 14.3 Å². The minimum atomic E-state index is -0.887. The van der Waals surface area contributed by atoms with E-state index in [2.05, 4.69) is 36.1 Å². The standard InChI is InChI=1S/C24H26FNO2S/c1-18-5-2-6-20(17-18)13-15-26-14-3-8-22(24(27)28)23(26)29-16-4-7-19-9-11-21(25)12-10-19/h2-3,5-6,8-12,17H,4,7,13-16H2,1H3,(H,27,28). The zero-order valence-corrected chi connectivity index (χ0v) is 17.4. The van der Waals surface area contributed by atoms with Gasteiger partial charge in [-0.25, -0.2) is 9.18 Å². The van der Waals surface area contributed by atoms with E-state index in [4.69, 9.17) is 0 Å². The number of aliphatic carboxylic acids is 1. The molecule has 0 saturated carbocycles. The molecule has 0 saturated heterocycles. The third kappa shape index (κ3) is 6.23. The SMILES string of the molecule is Cc1cccc(CCN2CC=CC(C(=O)O)=C2SCCCc2ccc(F)cc2)c1. The highest BCUT2D eigenvalue weighted by Crippen LogP contribution is 2.29. The number of carboxylic acid groups (broad SMARTS) is 1. The Morgan fingerprint density at radius 3 is 2.66 bits per heavy atom. The van der Waals surface area contributed by atoms with Gasteiger partial charge in [0.25, 0.3) is 0 Å². The van der Waals surface area contributed by atoms with Gasteiger partial charge in [-0.15, -0.1) is 11.8 Å². The Morgan fingerprint density at radius 2 is 1.93 bits per heavy atom. The number of halogens is 1. The van der Waals surface area contributed by atoms with Crippen LogP contribution >= 0.6 is 11.8 Å². The first-order valence-electron chi connectivity index (χ1n) is 9.85. The summed E-state index contributed by atoms with van der Waals surface area (Å²) in [6.07, 6.45) is 6.27. The second-order valence-electron chi connectivity index (χ2n) is 7.19. The number of carboxylic acids is 1. The van der Waals surface area contributed by atoms with Gasteiger partial charge < -0.3 is 10.0 Å². The summed E-state index contributed by atoms with van der Waals surface area (Å²) in [5, 5.41) is 10.5.